The normalized spacial score (nSPS) is 11.2. The molecule has 2 N–H and O–H groups in total. The molecule has 0 aliphatic carbocycles. The van der Waals surface area contributed by atoms with Gasteiger partial charge in [-0.05, 0) is 36.4 Å². The van der Waals surface area contributed by atoms with Crippen molar-refractivity contribution < 1.29 is 13.5 Å². The van der Waals surface area contributed by atoms with Gasteiger partial charge in [-0.1, -0.05) is 28.1 Å². The molecule has 2 rings (SSSR count). The number of hydrogen-bond donors (Lipinski definition) is 2. The molecule has 0 amide bonds. The fourth-order valence-electron chi connectivity index (χ4n) is 1.38. The van der Waals surface area contributed by atoms with Crippen molar-refractivity contribution in [1.82, 2.24) is 0 Å². The fourth-order valence-corrected chi connectivity index (χ4v) is 2.72. The summed E-state index contributed by atoms with van der Waals surface area (Å²) in [6, 6.07) is 12.4. The number of hydrogen-bond acceptors (Lipinski definition) is 3. The van der Waals surface area contributed by atoms with E-state index in [2.05, 4.69) is 20.7 Å². The molecule has 2 aromatic rings. The van der Waals surface area contributed by atoms with Gasteiger partial charge in [0.05, 0.1) is 10.6 Å². The third-order valence-electron chi connectivity index (χ3n) is 2.27. The molecular weight excluding hydrogens is 318 g/mol. The van der Waals surface area contributed by atoms with Gasteiger partial charge in [0.25, 0.3) is 10.0 Å². The number of sulfonamides is 1. The number of phenols is 1. The van der Waals surface area contributed by atoms with Gasteiger partial charge >= 0.3 is 0 Å². The van der Waals surface area contributed by atoms with Gasteiger partial charge in [0.15, 0.2) is 0 Å². The van der Waals surface area contributed by atoms with Gasteiger partial charge < -0.3 is 5.11 Å². The molecule has 0 saturated heterocycles. The molecule has 2 aromatic carbocycles. The number of anilines is 1. The van der Waals surface area contributed by atoms with Crippen LogP contribution in [-0.2, 0) is 10.0 Å². The first-order valence-corrected chi connectivity index (χ1v) is 7.33. The number of rotatable bonds is 3. The average molecular weight is 328 g/mol. The third kappa shape index (κ3) is 2.83. The van der Waals surface area contributed by atoms with Crippen LogP contribution in [0.1, 0.15) is 0 Å². The van der Waals surface area contributed by atoms with Crippen LogP contribution in [0.2, 0.25) is 0 Å². The summed E-state index contributed by atoms with van der Waals surface area (Å²) in [5, 5.41) is 9.53. The van der Waals surface area contributed by atoms with E-state index >= 15 is 0 Å². The fraction of sp³-hybridized carbons (Fsp3) is 0. The van der Waals surface area contributed by atoms with E-state index in [1.165, 1.54) is 24.3 Å². The molecule has 0 heterocycles. The van der Waals surface area contributed by atoms with Crippen molar-refractivity contribution in [3.05, 3.63) is 53.0 Å². The summed E-state index contributed by atoms with van der Waals surface area (Å²) in [6.45, 7) is 0. The summed E-state index contributed by atoms with van der Waals surface area (Å²) in [7, 11) is -3.68. The highest BCUT2D eigenvalue weighted by atomic mass is 79.9. The largest absolute Gasteiger partial charge is 0.506 e. The van der Waals surface area contributed by atoms with E-state index in [9.17, 15) is 13.5 Å². The van der Waals surface area contributed by atoms with E-state index in [4.69, 9.17) is 0 Å². The summed E-state index contributed by atoms with van der Waals surface area (Å²) < 4.78 is 27.2. The number of benzene rings is 2. The lowest BCUT2D eigenvalue weighted by Gasteiger charge is -2.09. The van der Waals surface area contributed by atoms with Crippen LogP contribution in [0.5, 0.6) is 5.75 Å². The number of para-hydroxylation sites is 2. The molecule has 0 aromatic heterocycles. The summed E-state index contributed by atoms with van der Waals surface area (Å²) in [6.07, 6.45) is 0. The minimum absolute atomic E-state index is 0.113. The van der Waals surface area contributed by atoms with E-state index in [0.29, 0.717) is 0 Å². The van der Waals surface area contributed by atoms with Crippen molar-refractivity contribution >= 4 is 31.6 Å². The van der Waals surface area contributed by atoms with Crippen molar-refractivity contribution in [1.29, 1.82) is 0 Å². The molecule has 0 aliphatic rings. The first-order chi connectivity index (χ1) is 8.49. The smallest absolute Gasteiger partial charge is 0.262 e. The zero-order valence-corrected chi connectivity index (χ0v) is 11.6. The Morgan fingerprint density at radius 3 is 2.22 bits per heavy atom. The standard InChI is InChI=1S/C12H10BrNO3S/c13-9-5-7-10(8-6-9)18(16,17)14-11-3-1-2-4-12(11)15/h1-8,14-15H. The molecule has 0 saturated carbocycles. The molecule has 94 valence electrons. The SMILES string of the molecule is O=S(=O)(Nc1ccccc1O)c1ccc(Br)cc1. The van der Waals surface area contributed by atoms with E-state index < -0.39 is 10.0 Å². The minimum atomic E-state index is -3.68. The first-order valence-electron chi connectivity index (χ1n) is 5.05. The van der Waals surface area contributed by atoms with Crippen molar-refractivity contribution in [3.8, 4) is 5.75 Å². The molecule has 0 spiro atoms. The summed E-state index contributed by atoms with van der Waals surface area (Å²) in [5.41, 5.74) is 0.153. The molecule has 4 nitrogen and oxygen atoms in total. The predicted octanol–water partition coefficient (Wildman–Crippen LogP) is 2.96. The maximum atomic E-state index is 12.0. The third-order valence-corrected chi connectivity index (χ3v) is 4.18. The lowest BCUT2D eigenvalue weighted by molar-refractivity contribution is 0.477. The van der Waals surface area contributed by atoms with Crippen LogP contribution in [-0.4, -0.2) is 13.5 Å². The zero-order chi connectivity index (χ0) is 13.2. The van der Waals surface area contributed by atoms with Crippen molar-refractivity contribution in [2.45, 2.75) is 4.90 Å². The molecule has 6 heteroatoms. The average Bonchev–Trinajstić information content (AvgIpc) is 2.32. The van der Waals surface area contributed by atoms with Crippen LogP contribution >= 0.6 is 15.9 Å². The van der Waals surface area contributed by atoms with Gasteiger partial charge in [-0.2, -0.15) is 0 Å². The van der Waals surface area contributed by atoms with E-state index in [1.54, 1.807) is 24.3 Å². The van der Waals surface area contributed by atoms with Crippen molar-refractivity contribution in [3.63, 3.8) is 0 Å². The highest BCUT2D eigenvalue weighted by molar-refractivity contribution is 9.10. The maximum Gasteiger partial charge on any atom is 0.262 e. The minimum Gasteiger partial charge on any atom is -0.506 e. The summed E-state index contributed by atoms with van der Waals surface area (Å²) in [4.78, 5) is 0.133. The molecule has 18 heavy (non-hydrogen) atoms. The Hall–Kier alpha value is -1.53. The van der Waals surface area contributed by atoms with Gasteiger partial charge in [-0.3, -0.25) is 4.72 Å². The first kappa shape index (κ1) is 12.9. The van der Waals surface area contributed by atoms with Crippen molar-refractivity contribution in [2.24, 2.45) is 0 Å². The van der Waals surface area contributed by atoms with Crippen LogP contribution in [0.3, 0.4) is 0 Å². The molecule has 0 atom stereocenters. The van der Waals surface area contributed by atoms with E-state index in [1.807, 2.05) is 0 Å². The van der Waals surface area contributed by atoms with Crippen LogP contribution in [0.25, 0.3) is 0 Å². The highest BCUT2D eigenvalue weighted by Gasteiger charge is 2.15. The summed E-state index contributed by atoms with van der Waals surface area (Å²) in [5.74, 6) is -0.113. The monoisotopic (exact) mass is 327 g/mol. The van der Waals surface area contributed by atoms with Crippen molar-refractivity contribution in [2.75, 3.05) is 4.72 Å². The Labute approximate surface area is 113 Å². The topological polar surface area (TPSA) is 66.4 Å². The predicted molar refractivity (Wildman–Crippen MR) is 73.1 cm³/mol. The lowest BCUT2D eigenvalue weighted by atomic mass is 10.3. The molecular formula is C12H10BrNO3S. The quantitative estimate of drug-likeness (QED) is 0.852. The molecule has 0 radical (unpaired) electrons. The van der Waals surface area contributed by atoms with E-state index in [0.717, 1.165) is 4.47 Å². The Kier molecular flexibility index (Phi) is 3.58. The molecule has 0 fully saturated rings. The maximum absolute atomic E-state index is 12.0. The Balaban J connectivity index is 2.33. The Morgan fingerprint density at radius 1 is 1.00 bits per heavy atom. The van der Waals surface area contributed by atoms with Crippen LogP contribution < -0.4 is 4.72 Å². The van der Waals surface area contributed by atoms with Gasteiger partial charge in [-0.15, -0.1) is 0 Å². The zero-order valence-electron chi connectivity index (χ0n) is 9.17. The van der Waals surface area contributed by atoms with Gasteiger partial charge in [0.1, 0.15) is 5.75 Å². The Morgan fingerprint density at radius 2 is 1.61 bits per heavy atom. The molecule has 0 aliphatic heterocycles. The van der Waals surface area contributed by atoms with Gasteiger partial charge in [0, 0.05) is 4.47 Å². The number of halogens is 1. The van der Waals surface area contributed by atoms with Crippen LogP contribution in [0.15, 0.2) is 57.9 Å². The van der Waals surface area contributed by atoms with Crippen LogP contribution in [0.4, 0.5) is 5.69 Å². The van der Waals surface area contributed by atoms with E-state index in [-0.39, 0.29) is 16.3 Å². The highest BCUT2D eigenvalue weighted by Crippen LogP contribution is 2.25. The number of nitrogens with one attached hydrogen (secondary N) is 1. The second-order valence-corrected chi connectivity index (χ2v) is 6.17. The number of phenolic OH excluding ortho intramolecular Hbond substituents is 1. The molecule has 0 bridgehead atoms. The second kappa shape index (κ2) is 4.99. The summed E-state index contributed by atoms with van der Waals surface area (Å²) >= 11 is 3.24. The Bertz CT molecular complexity index is 653. The number of aromatic hydroxyl groups is 1. The second-order valence-electron chi connectivity index (χ2n) is 3.58. The lowest BCUT2D eigenvalue weighted by Crippen LogP contribution is -2.12. The van der Waals surface area contributed by atoms with Gasteiger partial charge in [-0.25, -0.2) is 8.42 Å². The van der Waals surface area contributed by atoms with Gasteiger partial charge in [0.2, 0.25) is 0 Å². The van der Waals surface area contributed by atoms with Crippen LogP contribution in [0, 0.1) is 0 Å². The molecule has 0 unspecified atom stereocenters.